The molecule has 0 radical (unpaired) electrons. The van der Waals surface area contributed by atoms with Crippen molar-refractivity contribution in [2.24, 2.45) is 0 Å². The second-order valence-corrected chi connectivity index (χ2v) is 5.54. The van der Waals surface area contributed by atoms with Crippen LogP contribution in [0, 0.1) is 0 Å². The lowest BCUT2D eigenvalue weighted by Crippen LogP contribution is -1.98. The predicted octanol–water partition coefficient (Wildman–Crippen LogP) is 2.74. The minimum absolute atomic E-state index is 0.121. The summed E-state index contributed by atoms with van der Waals surface area (Å²) >= 11 is 0. The molecule has 0 unspecified atom stereocenters. The van der Waals surface area contributed by atoms with E-state index in [9.17, 15) is 9.90 Å². The number of anilines is 1. The molecule has 1 aliphatic heterocycles. The van der Waals surface area contributed by atoms with Crippen LogP contribution in [0.1, 0.15) is 10.4 Å². The lowest BCUT2D eigenvalue weighted by Gasteiger charge is -2.13. The van der Waals surface area contributed by atoms with E-state index in [0.717, 1.165) is 0 Å². The van der Waals surface area contributed by atoms with Gasteiger partial charge in [-0.25, -0.2) is 0 Å². The van der Waals surface area contributed by atoms with Crippen molar-refractivity contribution in [3.63, 3.8) is 0 Å². The zero-order chi connectivity index (χ0) is 17.6. The Morgan fingerprint density at radius 1 is 1.20 bits per heavy atom. The number of aromatic nitrogens is 1. The van der Waals surface area contributed by atoms with Gasteiger partial charge in [-0.05, 0) is 23.8 Å². The van der Waals surface area contributed by atoms with Crippen LogP contribution in [-0.4, -0.2) is 30.3 Å². The van der Waals surface area contributed by atoms with Crippen LogP contribution in [0.5, 0.6) is 23.0 Å². The van der Waals surface area contributed by atoms with E-state index >= 15 is 0 Å². The van der Waals surface area contributed by atoms with Gasteiger partial charge in [0, 0.05) is 28.8 Å². The fourth-order valence-corrected chi connectivity index (χ4v) is 2.90. The molecule has 0 spiro atoms. The van der Waals surface area contributed by atoms with Crippen molar-refractivity contribution in [1.82, 2.24) is 4.98 Å². The number of ether oxygens (including phenoxy) is 3. The molecule has 0 amide bonds. The van der Waals surface area contributed by atoms with Crippen LogP contribution in [-0.2, 0) is 0 Å². The molecule has 0 fully saturated rings. The molecule has 2 heterocycles. The van der Waals surface area contributed by atoms with Crippen LogP contribution in [0.15, 0.2) is 30.5 Å². The van der Waals surface area contributed by atoms with Crippen LogP contribution in [0.3, 0.4) is 0 Å². The fraction of sp³-hybridized carbons (Fsp3) is 0.111. The molecule has 1 aliphatic rings. The second-order valence-electron chi connectivity index (χ2n) is 5.54. The number of fused-ring (bicyclic) bond motifs is 2. The molecule has 3 N–H and O–H groups in total. The van der Waals surface area contributed by atoms with Gasteiger partial charge >= 0.3 is 0 Å². The zero-order valence-electron chi connectivity index (χ0n) is 13.3. The molecule has 126 valence electrons. The van der Waals surface area contributed by atoms with E-state index in [2.05, 4.69) is 4.98 Å². The Balaban J connectivity index is 1.97. The van der Waals surface area contributed by atoms with Crippen molar-refractivity contribution in [3.8, 4) is 34.1 Å². The summed E-state index contributed by atoms with van der Waals surface area (Å²) in [5.41, 5.74) is 8.81. The van der Waals surface area contributed by atoms with Crippen LogP contribution in [0.2, 0.25) is 0 Å². The van der Waals surface area contributed by atoms with Crippen LogP contribution >= 0.6 is 0 Å². The monoisotopic (exact) mass is 338 g/mol. The van der Waals surface area contributed by atoms with Crippen LogP contribution < -0.4 is 19.9 Å². The first-order valence-corrected chi connectivity index (χ1v) is 7.46. The summed E-state index contributed by atoms with van der Waals surface area (Å²) in [6.07, 6.45) is 2.23. The van der Waals surface area contributed by atoms with Gasteiger partial charge in [-0.2, -0.15) is 0 Å². The normalized spacial score (nSPS) is 12.4. The van der Waals surface area contributed by atoms with E-state index in [-0.39, 0.29) is 23.9 Å². The van der Waals surface area contributed by atoms with Gasteiger partial charge in [-0.15, -0.1) is 0 Å². The van der Waals surface area contributed by atoms with Gasteiger partial charge in [0.15, 0.2) is 29.3 Å². The molecule has 7 heteroatoms. The largest absolute Gasteiger partial charge is 0.504 e. The van der Waals surface area contributed by atoms with Crippen molar-refractivity contribution in [3.05, 3.63) is 36.0 Å². The number of nitrogen functional groups attached to an aromatic ring is 1. The van der Waals surface area contributed by atoms with E-state index in [1.165, 1.54) is 13.2 Å². The lowest BCUT2D eigenvalue weighted by molar-refractivity contribution is 0.112. The quantitative estimate of drug-likeness (QED) is 0.708. The number of carbonyl (C=O) groups excluding carboxylic acids is 1. The molecule has 25 heavy (non-hydrogen) atoms. The number of aromatic hydroxyl groups is 1. The number of hydrogen-bond acceptors (Lipinski definition) is 7. The van der Waals surface area contributed by atoms with Gasteiger partial charge in [-0.1, -0.05) is 0 Å². The molecule has 1 aromatic heterocycles. The maximum Gasteiger partial charge on any atom is 0.231 e. The molecule has 0 atom stereocenters. The van der Waals surface area contributed by atoms with Gasteiger partial charge in [-0.3, -0.25) is 9.78 Å². The third kappa shape index (κ3) is 2.28. The number of nitrogens with two attached hydrogens (primary N) is 1. The SMILES string of the molecule is COc1cc(-c2cnc3cc4c(cc3c2N)OCO4)c(C=O)cc1O. The first-order valence-electron chi connectivity index (χ1n) is 7.46. The van der Waals surface area contributed by atoms with Crippen LogP contribution in [0.25, 0.3) is 22.0 Å². The number of hydrogen-bond donors (Lipinski definition) is 2. The van der Waals surface area contributed by atoms with Crippen molar-refractivity contribution in [1.29, 1.82) is 0 Å². The van der Waals surface area contributed by atoms with E-state index in [4.69, 9.17) is 19.9 Å². The molecule has 0 aliphatic carbocycles. The van der Waals surface area contributed by atoms with Crippen molar-refractivity contribution in [2.45, 2.75) is 0 Å². The standard InChI is InChI=1S/C18H14N2O5/c1-23-15-3-10(9(7-21)2-14(15)22)12-6-20-13-5-17-16(24-8-25-17)4-11(13)18(12)19/h2-7,22H,8H2,1H3,(H2,19,20). The number of carbonyl (C=O) groups is 1. The first-order chi connectivity index (χ1) is 12.1. The minimum Gasteiger partial charge on any atom is -0.504 e. The Hall–Kier alpha value is -3.48. The highest BCUT2D eigenvalue weighted by atomic mass is 16.7. The van der Waals surface area contributed by atoms with E-state index in [1.54, 1.807) is 24.4 Å². The third-order valence-corrected chi connectivity index (χ3v) is 4.17. The molecule has 7 nitrogen and oxygen atoms in total. The van der Waals surface area contributed by atoms with E-state index < -0.39 is 0 Å². The highest BCUT2D eigenvalue weighted by Crippen LogP contribution is 2.42. The molecule has 4 rings (SSSR count). The minimum atomic E-state index is -0.121. The molecule has 0 bridgehead atoms. The molecule has 0 saturated carbocycles. The smallest absolute Gasteiger partial charge is 0.231 e. The summed E-state index contributed by atoms with van der Waals surface area (Å²) < 4.78 is 15.9. The number of pyridine rings is 1. The Kier molecular flexibility index (Phi) is 3.35. The molecule has 0 saturated heterocycles. The number of methoxy groups -OCH3 is 1. The fourth-order valence-electron chi connectivity index (χ4n) is 2.90. The first kappa shape index (κ1) is 15.1. The predicted molar refractivity (Wildman–Crippen MR) is 91.3 cm³/mol. The van der Waals surface area contributed by atoms with Gasteiger partial charge in [0.05, 0.1) is 18.3 Å². The summed E-state index contributed by atoms with van der Waals surface area (Å²) in [4.78, 5) is 15.8. The summed E-state index contributed by atoms with van der Waals surface area (Å²) in [5.74, 6) is 1.33. The summed E-state index contributed by atoms with van der Waals surface area (Å²) in [7, 11) is 1.43. The van der Waals surface area contributed by atoms with Gasteiger partial charge in [0.2, 0.25) is 6.79 Å². The van der Waals surface area contributed by atoms with Gasteiger partial charge in [0.25, 0.3) is 0 Å². The topological polar surface area (TPSA) is 104 Å². The lowest BCUT2D eigenvalue weighted by atomic mass is 9.97. The summed E-state index contributed by atoms with van der Waals surface area (Å²) in [5, 5.41) is 10.6. The molecular formula is C18H14N2O5. The number of rotatable bonds is 3. The summed E-state index contributed by atoms with van der Waals surface area (Å²) in [6.45, 7) is 0.156. The number of phenols is 1. The summed E-state index contributed by atoms with van der Waals surface area (Å²) in [6, 6.07) is 6.42. The maximum absolute atomic E-state index is 11.4. The van der Waals surface area contributed by atoms with E-state index in [1.807, 2.05) is 0 Å². The Morgan fingerprint density at radius 3 is 2.68 bits per heavy atom. The van der Waals surface area contributed by atoms with Gasteiger partial charge < -0.3 is 25.1 Å². The zero-order valence-corrected chi connectivity index (χ0v) is 13.3. The van der Waals surface area contributed by atoms with Crippen molar-refractivity contribution in [2.75, 3.05) is 19.6 Å². The average Bonchev–Trinajstić information content (AvgIpc) is 3.08. The second kappa shape index (κ2) is 5.55. The third-order valence-electron chi connectivity index (χ3n) is 4.17. The molecular weight excluding hydrogens is 324 g/mol. The highest BCUT2D eigenvalue weighted by Gasteiger charge is 2.19. The highest BCUT2D eigenvalue weighted by molar-refractivity contribution is 6.02. The maximum atomic E-state index is 11.4. The van der Waals surface area contributed by atoms with Crippen molar-refractivity contribution >= 4 is 22.9 Å². The number of nitrogens with zero attached hydrogens (tertiary/aromatic N) is 1. The Morgan fingerprint density at radius 2 is 1.96 bits per heavy atom. The van der Waals surface area contributed by atoms with Gasteiger partial charge in [0.1, 0.15) is 0 Å². The Labute approximate surface area is 142 Å². The Bertz CT molecular complexity index is 1020. The van der Waals surface area contributed by atoms with Crippen LogP contribution in [0.4, 0.5) is 5.69 Å². The molecule has 2 aromatic carbocycles. The van der Waals surface area contributed by atoms with E-state index in [0.29, 0.717) is 45.5 Å². The molecule has 3 aromatic rings. The number of aldehydes is 1. The number of phenolic OH excluding ortho intramolecular Hbond substituents is 1. The van der Waals surface area contributed by atoms with Crippen molar-refractivity contribution < 1.29 is 24.1 Å². The number of benzene rings is 2. The average molecular weight is 338 g/mol.